The van der Waals surface area contributed by atoms with E-state index in [1.54, 1.807) is 34.2 Å². The Morgan fingerprint density at radius 1 is 1.04 bits per heavy atom. The van der Waals surface area contributed by atoms with Gasteiger partial charge in [-0.1, -0.05) is 6.07 Å². The Morgan fingerprint density at radius 3 is 2.46 bits per heavy atom. The Kier molecular flexibility index (Phi) is 4.69. The van der Waals surface area contributed by atoms with Crippen LogP contribution in [0.4, 0.5) is 14.9 Å². The third-order valence-corrected chi connectivity index (χ3v) is 3.84. The average Bonchev–Trinajstić information content (AvgIpc) is 2.62. The van der Waals surface area contributed by atoms with Gasteiger partial charge in [0.1, 0.15) is 5.82 Å². The van der Waals surface area contributed by atoms with Crippen LogP contribution in [0.5, 0.6) is 0 Å². The van der Waals surface area contributed by atoms with Crippen molar-refractivity contribution in [1.29, 1.82) is 0 Å². The van der Waals surface area contributed by atoms with Gasteiger partial charge in [0.25, 0.3) is 5.91 Å². The van der Waals surface area contributed by atoms with Crippen molar-refractivity contribution in [3.05, 3.63) is 60.2 Å². The van der Waals surface area contributed by atoms with Crippen LogP contribution in [0.3, 0.4) is 0 Å². The Labute approximate surface area is 138 Å². The van der Waals surface area contributed by atoms with Crippen LogP contribution < -0.4 is 5.32 Å². The number of anilines is 1. The van der Waals surface area contributed by atoms with Gasteiger partial charge in [-0.2, -0.15) is 0 Å². The highest BCUT2D eigenvalue weighted by Crippen LogP contribution is 2.12. The minimum atomic E-state index is -0.403. The van der Waals surface area contributed by atoms with Crippen LogP contribution in [0.1, 0.15) is 10.4 Å². The van der Waals surface area contributed by atoms with E-state index < -0.39 is 5.82 Å². The zero-order valence-electron chi connectivity index (χ0n) is 13.0. The van der Waals surface area contributed by atoms with Crippen LogP contribution in [-0.4, -0.2) is 52.9 Å². The lowest BCUT2D eigenvalue weighted by Crippen LogP contribution is -2.51. The second kappa shape index (κ2) is 7.08. The number of rotatable bonds is 2. The summed E-state index contributed by atoms with van der Waals surface area (Å²) < 4.78 is 13.1. The number of benzene rings is 1. The van der Waals surface area contributed by atoms with Crippen molar-refractivity contribution in [2.45, 2.75) is 0 Å². The van der Waals surface area contributed by atoms with Crippen molar-refractivity contribution in [1.82, 2.24) is 14.8 Å². The summed E-state index contributed by atoms with van der Waals surface area (Å²) >= 11 is 0. The Morgan fingerprint density at radius 2 is 1.79 bits per heavy atom. The molecule has 24 heavy (non-hydrogen) atoms. The summed E-state index contributed by atoms with van der Waals surface area (Å²) in [5, 5.41) is 2.66. The van der Waals surface area contributed by atoms with E-state index in [1.807, 2.05) is 0 Å². The average molecular weight is 328 g/mol. The highest BCUT2D eigenvalue weighted by atomic mass is 19.1. The predicted molar refractivity (Wildman–Crippen MR) is 87.1 cm³/mol. The predicted octanol–water partition coefficient (Wildman–Crippen LogP) is 2.21. The molecule has 0 atom stereocenters. The number of halogens is 1. The minimum Gasteiger partial charge on any atom is -0.335 e. The lowest BCUT2D eigenvalue weighted by atomic mass is 10.2. The number of piperazine rings is 1. The molecular formula is C17H17FN4O2. The maximum Gasteiger partial charge on any atom is 0.321 e. The van der Waals surface area contributed by atoms with Crippen LogP contribution in [0, 0.1) is 5.82 Å². The molecule has 1 N–H and O–H groups in total. The zero-order chi connectivity index (χ0) is 16.9. The summed E-state index contributed by atoms with van der Waals surface area (Å²) in [5.74, 6) is -0.493. The molecule has 124 valence electrons. The van der Waals surface area contributed by atoms with Gasteiger partial charge >= 0.3 is 6.03 Å². The van der Waals surface area contributed by atoms with Crippen molar-refractivity contribution < 1.29 is 14.0 Å². The molecule has 1 aliphatic heterocycles. The Balaban J connectivity index is 1.55. The van der Waals surface area contributed by atoms with E-state index in [0.29, 0.717) is 37.4 Å². The largest absolute Gasteiger partial charge is 0.335 e. The molecule has 3 amide bonds. The number of hydrogen-bond donors (Lipinski definition) is 1. The fourth-order valence-electron chi connectivity index (χ4n) is 2.55. The fraction of sp³-hybridized carbons (Fsp3) is 0.235. The van der Waals surface area contributed by atoms with Crippen LogP contribution >= 0.6 is 0 Å². The number of urea groups is 1. The molecule has 1 aromatic heterocycles. The summed E-state index contributed by atoms with van der Waals surface area (Å²) in [6, 6.07) is 8.89. The van der Waals surface area contributed by atoms with E-state index in [4.69, 9.17) is 0 Å². The number of carbonyl (C=O) groups excluding carboxylic acids is 2. The van der Waals surface area contributed by atoms with Gasteiger partial charge in [-0.05, 0) is 30.3 Å². The molecule has 0 spiro atoms. The molecule has 2 heterocycles. The van der Waals surface area contributed by atoms with E-state index in [1.165, 1.54) is 24.4 Å². The van der Waals surface area contributed by atoms with Gasteiger partial charge < -0.3 is 15.1 Å². The van der Waals surface area contributed by atoms with Crippen molar-refractivity contribution in [2.24, 2.45) is 0 Å². The van der Waals surface area contributed by atoms with Crippen molar-refractivity contribution in [3.8, 4) is 0 Å². The third kappa shape index (κ3) is 3.68. The van der Waals surface area contributed by atoms with Gasteiger partial charge in [-0.15, -0.1) is 0 Å². The molecule has 0 unspecified atom stereocenters. The quantitative estimate of drug-likeness (QED) is 0.919. The molecule has 0 bridgehead atoms. The second-order valence-corrected chi connectivity index (χ2v) is 5.46. The van der Waals surface area contributed by atoms with E-state index in [2.05, 4.69) is 10.3 Å². The lowest BCUT2D eigenvalue weighted by molar-refractivity contribution is 0.0671. The van der Waals surface area contributed by atoms with Gasteiger partial charge in [0.2, 0.25) is 0 Å². The normalized spacial score (nSPS) is 14.4. The molecule has 1 fully saturated rings. The number of nitrogens with one attached hydrogen (secondary N) is 1. The number of carbonyl (C=O) groups is 2. The molecule has 2 aromatic rings. The van der Waals surface area contributed by atoms with E-state index in [0.717, 1.165) is 0 Å². The number of hydrogen-bond acceptors (Lipinski definition) is 3. The third-order valence-electron chi connectivity index (χ3n) is 3.84. The molecular weight excluding hydrogens is 311 g/mol. The number of pyridine rings is 1. The molecule has 3 rings (SSSR count). The monoisotopic (exact) mass is 328 g/mol. The molecule has 1 aliphatic rings. The molecule has 7 heteroatoms. The standard InChI is InChI=1S/C17H17FN4O2/c18-14-4-1-5-15(11-14)20-17(24)22-9-7-21(8-10-22)16(23)13-3-2-6-19-12-13/h1-6,11-12H,7-10H2,(H,20,24). The number of amides is 3. The van der Waals surface area contributed by atoms with Crippen LogP contribution in [0.15, 0.2) is 48.8 Å². The summed E-state index contributed by atoms with van der Waals surface area (Å²) in [5.41, 5.74) is 0.948. The van der Waals surface area contributed by atoms with Gasteiger partial charge in [-0.25, -0.2) is 9.18 Å². The molecule has 0 radical (unpaired) electrons. The summed E-state index contributed by atoms with van der Waals surface area (Å²) in [7, 11) is 0. The summed E-state index contributed by atoms with van der Waals surface area (Å²) in [4.78, 5) is 31.8. The van der Waals surface area contributed by atoms with Crippen LogP contribution in [-0.2, 0) is 0 Å². The molecule has 1 saturated heterocycles. The van der Waals surface area contributed by atoms with E-state index >= 15 is 0 Å². The van der Waals surface area contributed by atoms with E-state index in [9.17, 15) is 14.0 Å². The van der Waals surface area contributed by atoms with Gasteiger partial charge in [0.15, 0.2) is 0 Å². The Hall–Kier alpha value is -2.96. The number of aromatic nitrogens is 1. The van der Waals surface area contributed by atoms with Crippen molar-refractivity contribution >= 4 is 17.6 Å². The Bertz CT molecular complexity index is 730. The lowest BCUT2D eigenvalue weighted by Gasteiger charge is -2.34. The molecule has 6 nitrogen and oxygen atoms in total. The maximum absolute atomic E-state index is 13.1. The second-order valence-electron chi connectivity index (χ2n) is 5.46. The molecule has 0 aliphatic carbocycles. The first-order valence-electron chi connectivity index (χ1n) is 7.64. The smallest absolute Gasteiger partial charge is 0.321 e. The highest BCUT2D eigenvalue weighted by molar-refractivity contribution is 5.94. The maximum atomic E-state index is 13.1. The minimum absolute atomic E-state index is 0.0895. The van der Waals surface area contributed by atoms with Crippen molar-refractivity contribution in [3.63, 3.8) is 0 Å². The zero-order valence-corrected chi connectivity index (χ0v) is 13.0. The van der Waals surface area contributed by atoms with Crippen LogP contribution in [0.25, 0.3) is 0 Å². The topological polar surface area (TPSA) is 65.5 Å². The first-order valence-corrected chi connectivity index (χ1v) is 7.64. The molecule has 0 saturated carbocycles. The summed E-state index contributed by atoms with van der Waals surface area (Å²) in [6.07, 6.45) is 3.15. The molecule has 1 aromatic carbocycles. The van der Waals surface area contributed by atoms with Gasteiger partial charge in [-0.3, -0.25) is 9.78 Å². The van der Waals surface area contributed by atoms with Gasteiger partial charge in [0, 0.05) is 44.3 Å². The van der Waals surface area contributed by atoms with Crippen LogP contribution in [0.2, 0.25) is 0 Å². The fourth-order valence-corrected chi connectivity index (χ4v) is 2.55. The first-order chi connectivity index (χ1) is 11.6. The van der Waals surface area contributed by atoms with Gasteiger partial charge in [0.05, 0.1) is 5.56 Å². The SMILES string of the molecule is O=C(Nc1cccc(F)c1)N1CCN(C(=O)c2cccnc2)CC1. The first kappa shape index (κ1) is 15.9. The summed E-state index contributed by atoms with van der Waals surface area (Å²) in [6.45, 7) is 1.74. The van der Waals surface area contributed by atoms with Crippen molar-refractivity contribution in [2.75, 3.05) is 31.5 Å². The van der Waals surface area contributed by atoms with E-state index in [-0.39, 0.29) is 11.9 Å². The number of nitrogens with zero attached hydrogens (tertiary/aromatic N) is 3. The highest BCUT2D eigenvalue weighted by Gasteiger charge is 2.25.